The van der Waals surface area contributed by atoms with Crippen molar-refractivity contribution in [3.8, 4) is 0 Å². The Morgan fingerprint density at radius 1 is 1.30 bits per heavy atom. The Bertz CT molecular complexity index is 554. The third kappa shape index (κ3) is 5.26. The summed E-state index contributed by atoms with van der Waals surface area (Å²) in [5.74, 6) is -1.98. The molecule has 112 valence electrons. The van der Waals surface area contributed by atoms with E-state index in [-0.39, 0.29) is 18.2 Å². The first kappa shape index (κ1) is 16.6. The second-order valence-electron chi connectivity index (χ2n) is 4.96. The lowest BCUT2D eigenvalue weighted by Crippen LogP contribution is -2.38. The fourth-order valence-corrected chi connectivity index (χ4v) is 3.35. The average molecular weight is 303 g/mol. The molecule has 0 unspecified atom stereocenters. The lowest BCUT2D eigenvalue weighted by molar-refractivity contribution is -0.137. The second kappa shape index (κ2) is 6.81. The normalized spacial score (nSPS) is 12.1. The lowest BCUT2D eigenvalue weighted by atomic mass is 10.2. The minimum atomic E-state index is -3.75. The minimum Gasteiger partial charge on any atom is -0.480 e. The standard InChI is InChI=1S/C13H18FNO4S/c1-10(2)7-15(8-13(16)17)20(18,19)9-11-3-5-12(14)6-4-11/h3-6,10H,7-9H2,1-2H3,(H,16,17). The summed E-state index contributed by atoms with van der Waals surface area (Å²) < 4.78 is 38.2. The predicted molar refractivity (Wildman–Crippen MR) is 73.1 cm³/mol. The summed E-state index contributed by atoms with van der Waals surface area (Å²) in [6, 6.07) is 5.10. The van der Waals surface area contributed by atoms with Gasteiger partial charge in [-0.3, -0.25) is 4.79 Å². The maximum atomic E-state index is 12.8. The molecule has 7 heteroatoms. The summed E-state index contributed by atoms with van der Waals surface area (Å²) in [4.78, 5) is 10.8. The molecule has 1 rings (SSSR count). The number of hydrogen-bond donors (Lipinski definition) is 1. The van der Waals surface area contributed by atoms with E-state index in [0.29, 0.717) is 5.56 Å². The molecule has 0 aliphatic heterocycles. The molecule has 0 aliphatic carbocycles. The van der Waals surface area contributed by atoms with Gasteiger partial charge in [0.15, 0.2) is 0 Å². The van der Waals surface area contributed by atoms with E-state index >= 15 is 0 Å². The molecule has 0 spiro atoms. The quantitative estimate of drug-likeness (QED) is 0.832. The number of benzene rings is 1. The predicted octanol–water partition coefficient (Wildman–Crippen LogP) is 1.70. The van der Waals surface area contributed by atoms with E-state index in [1.165, 1.54) is 24.3 Å². The van der Waals surface area contributed by atoms with Crippen LogP contribution in [0.3, 0.4) is 0 Å². The molecule has 20 heavy (non-hydrogen) atoms. The first-order valence-electron chi connectivity index (χ1n) is 6.15. The van der Waals surface area contributed by atoms with Crippen LogP contribution in [0.25, 0.3) is 0 Å². The summed E-state index contributed by atoms with van der Waals surface area (Å²) in [5, 5.41) is 8.81. The number of hydrogen-bond acceptors (Lipinski definition) is 3. The van der Waals surface area contributed by atoms with Gasteiger partial charge in [0, 0.05) is 6.54 Å². The van der Waals surface area contributed by atoms with E-state index in [1.807, 2.05) is 13.8 Å². The molecular formula is C13H18FNO4S. The molecule has 0 saturated heterocycles. The zero-order chi connectivity index (χ0) is 15.3. The van der Waals surface area contributed by atoms with Crippen LogP contribution in [0.1, 0.15) is 19.4 Å². The van der Waals surface area contributed by atoms with E-state index in [9.17, 15) is 17.6 Å². The Morgan fingerprint density at radius 2 is 1.85 bits per heavy atom. The number of carboxylic acids is 1. The molecular weight excluding hydrogens is 285 g/mol. The number of halogens is 1. The number of nitrogens with zero attached hydrogens (tertiary/aromatic N) is 1. The van der Waals surface area contributed by atoms with Crippen LogP contribution in [0.2, 0.25) is 0 Å². The van der Waals surface area contributed by atoms with Crippen molar-refractivity contribution in [3.63, 3.8) is 0 Å². The molecule has 0 atom stereocenters. The molecule has 0 amide bonds. The van der Waals surface area contributed by atoms with E-state index in [0.717, 1.165) is 4.31 Å². The molecule has 1 N–H and O–H groups in total. The highest BCUT2D eigenvalue weighted by atomic mass is 32.2. The zero-order valence-corrected chi connectivity index (χ0v) is 12.2. The van der Waals surface area contributed by atoms with Crippen molar-refractivity contribution < 1.29 is 22.7 Å². The van der Waals surface area contributed by atoms with Gasteiger partial charge in [-0.15, -0.1) is 0 Å². The van der Waals surface area contributed by atoms with Gasteiger partial charge in [-0.1, -0.05) is 26.0 Å². The van der Waals surface area contributed by atoms with Crippen LogP contribution in [-0.2, 0) is 20.6 Å². The van der Waals surface area contributed by atoms with Crippen molar-refractivity contribution >= 4 is 16.0 Å². The van der Waals surface area contributed by atoms with Crippen LogP contribution in [0.15, 0.2) is 24.3 Å². The van der Waals surface area contributed by atoms with Crippen molar-refractivity contribution in [1.82, 2.24) is 4.31 Å². The minimum absolute atomic E-state index is 0.0114. The molecule has 0 aromatic heterocycles. The Balaban J connectivity index is 2.91. The van der Waals surface area contributed by atoms with Crippen LogP contribution in [-0.4, -0.2) is 36.9 Å². The number of carbonyl (C=O) groups is 1. The SMILES string of the molecule is CC(C)CN(CC(=O)O)S(=O)(=O)Cc1ccc(F)cc1. The van der Waals surface area contributed by atoms with Gasteiger partial charge in [0.05, 0.1) is 5.75 Å². The summed E-state index contributed by atoms with van der Waals surface area (Å²) in [7, 11) is -3.75. The van der Waals surface area contributed by atoms with Gasteiger partial charge >= 0.3 is 5.97 Å². The number of rotatable bonds is 7. The fraction of sp³-hybridized carbons (Fsp3) is 0.462. The van der Waals surface area contributed by atoms with Crippen molar-refractivity contribution in [2.45, 2.75) is 19.6 Å². The van der Waals surface area contributed by atoms with Gasteiger partial charge in [0.1, 0.15) is 12.4 Å². The van der Waals surface area contributed by atoms with Gasteiger partial charge in [0.2, 0.25) is 10.0 Å². The van der Waals surface area contributed by atoms with Crippen molar-refractivity contribution in [2.24, 2.45) is 5.92 Å². The molecule has 5 nitrogen and oxygen atoms in total. The number of sulfonamides is 1. The number of aliphatic carboxylic acids is 1. The van der Waals surface area contributed by atoms with E-state index in [2.05, 4.69) is 0 Å². The van der Waals surface area contributed by atoms with E-state index in [1.54, 1.807) is 0 Å². The molecule has 1 aromatic rings. The van der Waals surface area contributed by atoms with Gasteiger partial charge in [-0.2, -0.15) is 4.31 Å². The van der Waals surface area contributed by atoms with Crippen LogP contribution < -0.4 is 0 Å². The van der Waals surface area contributed by atoms with Gasteiger partial charge in [0.25, 0.3) is 0 Å². The maximum absolute atomic E-state index is 12.8. The topological polar surface area (TPSA) is 74.7 Å². The van der Waals surface area contributed by atoms with Crippen molar-refractivity contribution in [2.75, 3.05) is 13.1 Å². The van der Waals surface area contributed by atoms with Crippen molar-refractivity contribution in [1.29, 1.82) is 0 Å². The highest BCUT2D eigenvalue weighted by Gasteiger charge is 2.25. The van der Waals surface area contributed by atoms with Crippen LogP contribution in [0.4, 0.5) is 4.39 Å². The summed E-state index contributed by atoms with van der Waals surface area (Å²) in [5.41, 5.74) is 0.422. The first-order valence-corrected chi connectivity index (χ1v) is 7.75. The zero-order valence-electron chi connectivity index (χ0n) is 11.4. The van der Waals surface area contributed by atoms with Crippen molar-refractivity contribution in [3.05, 3.63) is 35.6 Å². The molecule has 0 fully saturated rings. The third-order valence-corrected chi connectivity index (χ3v) is 4.30. The van der Waals surface area contributed by atoms with Gasteiger partial charge in [-0.05, 0) is 23.6 Å². The number of carboxylic acid groups (broad SMARTS) is 1. The second-order valence-corrected chi connectivity index (χ2v) is 6.93. The Kier molecular flexibility index (Phi) is 5.64. The largest absolute Gasteiger partial charge is 0.480 e. The monoisotopic (exact) mass is 303 g/mol. The van der Waals surface area contributed by atoms with Crippen LogP contribution in [0.5, 0.6) is 0 Å². The summed E-state index contributed by atoms with van der Waals surface area (Å²) >= 11 is 0. The molecule has 0 aliphatic rings. The highest BCUT2D eigenvalue weighted by Crippen LogP contribution is 2.13. The molecule has 1 aromatic carbocycles. The molecule has 0 heterocycles. The molecule has 0 bridgehead atoms. The van der Waals surface area contributed by atoms with Crippen LogP contribution in [0, 0.1) is 11.7 Å². The van der Waals surface area contributed by atoms with Gasteiger partial charge < -0.3 is 5.11 Å². The third-order valence-electron chi connectivity index (χ3n) is 2.54. The highest BCUT2D eigenvalue weighted by molar-refractivity contribution is 7.88. The lowest BCUT2D eigenvalue weighted by Gasteiger charge is -2.22. The van der Waals surface area contributed by atoms with Gasteiger partial charge in [-0.25, -0.2) is 12.8 Å². The Morgan fingerprint density at radius 3 is 2.30 bits per heavy atom. The summed E-state index contributed by atoms with van der Waals surface area (Å²) in [6.45, 7) is 3.18. The Hall–Kier alpha value is -1.47. The average Bonchev–Trinajstić information content (AvgIpc) is 2.30. The Labute approximate surface area is 118 Å². The van der Waals surface area contributed by atoms with E-state index in [4.69, 9.17) is 5.11 Å². The molecule has 0 saturated carbocycles. The summed E-state index contributed by atoms with van der Waals surface area (Å²) in [6.07, 6.45) is 0. The maximum Gasteiger partial charge on any atom is 0.318 e. The molecule has 0 radical (unpaired) electrons. The first-order chi connectivity index (χ1) is 9.20. The fourth-order valence-electron chi connectivity index (χ4n) is 1.72. The van der Waals surface area contributed by atoms with E-state index < -0.39 is 28.4 Å². The van der Waals surface area contributed by atoms with Crippen LogP contribution >= 0.6 is 0 Å². The smallest absolute Gasteiger partial charge is 0.318 e.